The lowest BCUT2D eigenvalue weighted by atomic mass is 10.1. The second-order valence-corrected chi connectivity index (χ2v) is 9.41. The van der Waals surface area contributed by atoms with Crippen LogP contribution in [0.1, 0.15) is 48.2 Å². The molecule has 1 unspecified atom stereocenters. The Kier molecular flexibility index (Phi) is 6.08. The van der Waals surface area contributed by atoms with Crippen LogP contribution in [0.5, 0.6) is 0 Å². The van der Waals surface area contributed by atoms with Crippen molar-refractivity contribution in [1.29, 1.82) is 0 Å². The zero-order valence-corrected chi connectivity index (χ0v) is 19.7. The van der Waals surface area contributed by atoms with Crippen molar-refractivity contribution >= 4 is 33.8 Å². The number of hydrogen-bond acceptors (Lipinski definition) is 7. The van der Waals surface area contributed by atoms with E-state index in [9.17, 15) is 19.1 Å². The molecule has 174 valence electrons. The zero-order chi connectivity index (χ0) is 24.0. The number of ketones is 1. The Morgan fingerprint density at radius 3 is 2.73 bits per heavy atom. The second-order valence-electron chi connectivity index (χ2n) is 8.29. The number of amides is 1. The Bertz CT molecular complexity index is 1270. The van der Waals surface area contributed by atoms with E-state index in [1.807, 2.05) is 0 Å². The molecular weight excluding hydrogens is 445 g/mol. The SMILES string of the molecule is Cc1cc(NC(=O)c2c(C)c(C(=O)C(O)N3CCc4nc(N)sc4C3)n(C)c2C)ccc1F. The third-order valence-electron chi connectivity index (χ3n) is 6.16. The van der Waals surface area contributed by atoms with Gasteiger partial charge in [0, 0.05) is 42.8 Å². The number of halogens is 1. The number of anilines is 2. The number of nitrogens with zero attached hydrogens (tertiary/aromatic N) is 3. The van der Waals surface area contributed by atoms with E-state index in [1.165, 1.54) is 23.5 Å². The fraction of sp³-hybridized carbons (Fsp3) is 0.348. The first-order valence-electron chi connectivity index (χ1n) is 10.5. The third kappa shape index (κ3) is 4.17. The molecule has 0 spiro atoms. The van der Waals surface area contributed by atoms with E-state index in [0.717, 1.165) is 10.6 Å². The Morgan fingerprint density at radius 1 is 1.30 bits per heavy atom. The second kappa shape index (κ2) is 8.69. The minimum Gasteiger partial charge on any atom is -0.375 e. The lowest BCUT2D eigenvalue weighted by Gasteiger charge is -2.29. The Labute approximate surface area is 194 Å². The number of nitrogen functional groups attached to an aromatic ring is 1. The van der Waals surface area contributed by atoms with E-state index in [1.54, 1.807) is 43.4 Å². The van der Waals surface area contributed by atoms with Gasteiger partial charge in [-0.1, -0.05) is 0 Å². The molecule has 1 aliphatic heterocycles. The summed E-state index contributed by atoms with van der Waals surface area (Å²) in [7, 11) is 1.69. The molecule has 0 saturated carbocycles. The van der Waals surface area contributed by atoms with E-state index < -0.39 is 17.9 Å². The molecule has 8 nitrogen and oxygen atoms in total. The lowest BCUT2D eigenvalue weighted by molar-refractivity contribution is 0.00394. The first kappa shape index (κ1) is 23.1. The molecule has 1 aromatic carbocycles. The summed E-state index contributed by atoms with van der Waals surface area (Å²) < 4.78 is 15.2. The number of rotatable bonds is 5. The molecule has 0 aliphatic carbocycles. The van der Waals surface area contributed by atoms with Gasteiger partial charge in [-0.3, -0.25) is 14.5 Å². The van der Waals surface area contributed by atoms with Gasteiger partial charge in [-0.25, -0.2) is 9.37 Å². The van der Waals surface area contributed by atoms with Crippen molar-refractivity contribution in [3.05, 3.63) is 62.7 Å². The zero-order valence-electron chi connectivity index (χ0n) is 18.9. The van der Waals surface area contributed by atoms with Crippen molar-refractivity contribution in [2.45, 2.75) is 40.0 Å². The van der Waals surface area contributed by atoms with Crippen LogP contribution in [-0.2, 0) is 20.0 Å². The first-order chi connectivity index (χ1) is 15.6. The van der Waals surface area contributed by atoms with Crippen LogP contribution in [-0.4, -0.2) is 44.0 Å². The standard InChI is InChI=1S/C23H26FN5O3S/c1-11-9-14(5-6-15(11)24)26-21(31)18-12(2)19(28(4)13(18)3)20(30)22(32)29-8-7-16-17(10-29)33-23(25)27-16/h5-6,9,22,32H,7-8,10H2,1-4H3,(H2,25,27)(H,26,31). The maximum atomic E-state index is 13.6. The summed E-state index contributed by atoms with van der Waals surface area (Å²) in [5.74, 6) is -1.23. The third-order valence-corrected chi connectivity index (χ3v) is 7.08. The number of hydrogen-bond donors (Lipinski definition) is 3. The molecular formula is C23H26FN5O3S. The summed E-state index contributed by atoms with van der Waals surface area (Å²) in [5, 5.41) is 14.1. The van der Waals surface area contributed by atoms with Gasteiger partial charge < -0.3 is 20.7 Å². The summed E-state index contributed by atoms with van der Waals surface area (Å²) >= 11 is 1.36. The predicted octanol–water partition coefficient (Wildman–Crippen LogP) is 2.94. The number of thiazole rings is 1. The van der Waals surface area contributed by atoms with Gasteiger partial charge in [-0.2, -0.15) is 0 Å². The van der Waals surface area contributed by atoms with Gasteiger partial charge in [0.05, 0.1) is 17.0 Å². The van der Waals surface area contributed by atoms with Crippen LogP contribution >= 0.6 is 11.3 Å². The minimum absolute atomic E-state index is 0.273. The molecule has 0 radical (unpaired) electrons. The van der Waals surface area contributed by atoms with Crippen molar-refractivity contribution in [2.75, 3.05) is 17.6 Å². The normalized spacial score (nSPS) is 14.7. The number of carbonyl (C=O) groups excluding carboxylic acids is 2. The molecule has 2 aromatic heterocycles. The topological polar surface area (TPSA) is 113 Å². The van der Waals surface area contributed by atoms with Gasteiger partial charge in [-0.05, 0) is 50.1 Å². The number of aryl methyl sites for hydroxylation is 1. The summed E-state index contributed by atoms with van der Waals surface area (Å²) in [6.07, 6.45) is -0.757. The van der Waals surface area contributed by atoms with Crippen LogP contribution in [0.2, 0.25) is 0 Å². The van der Waals surface area contributed by atoms with Crippen LogP contribution < -0.4 is 11.1 Å². The molecule has 0 saturated heterocycles. The van der Waals surface area contributed by atoms with Crippen LogP contribution in [0.4, 0.5) is 15.2 Å². The highest BCUT2D eigenvalue weighted by atomic mass is 32.1. The molecule has 10 heteroatoms. The number of nitrogens with one attached hydrogen (secondary N) is 1. The van der Waals surface area contributed by atoms with Gasteiger partial charge in [0.2, 0.25) is 5.78 Å². The number of carbonyl (C=O) groups is 2. The molecule has 1 atom stereocenters. The van der Waals surface area contributed by atoms with Crippen molar-refractivity contribution in [1.82, 2.24) is 14.5 Å². The molecule has 4 rings (SSSR count). The molecule has 33 heavy (non-hydrogen) atoms. The maximum absolute atomic E-state index is 13.6. The maximum Gasteiger partial charge on any atom is 0.257 e. The highest BCUT2D eigenvalue weighted by Gasteiger charge is 2.33. The van der Waals surface area contributed by atoms with Gasteiger partial charge in [0.25, 0.3) is 5.91 Å². The van der Waals surface area contributed by atoms with Crippen molar-refractivity contribution in [2.24, 2.45) is 7.05 Å². The highest BCUT2D eigenvalue weighted by Crippen LogP contribution is 2.29. The van der Waals surface area contributed by atoms with Crippen LogP contribution in [0.15, 0.2) is 18.2 Å². The predicted molar refractivity (Wildman–Crippen MR) is 125 cm³/mol. The average molecular weight is 472 g/mol. The van der Waals surface area contributed by atoms with E-state index in [4.69, 9.17) is 5.73 Å². The fourth-order valence-corrected chi connectivity index (χ4v) is 5.21. The summed E-state index contributed by atoms with van der Waals surface area (Å²) in [4.78, 5) is 33.3. The number of aromatic nitrogens is 2. The molecule has 4 N–H and O–H groups in total. The number of aliphatic hydroxyl groups excluding tert-OH is 1. The quantitative estimate of drug-likeness (QED) is 0.493. The van der Waals surface area contributed by atoms with Gasteiger partial charge in [-0.15, -0.1) is 11.3 Å². The van der Waals surface area contributed by atoms with E-state index in [-0.39, 0.29) is 11.5 Å². The van der Waals surface area contributed by atoms with E-state index in [0.29, 0.717) is 52.7 Å². The Morgan fingerprint density at radius 2 is 2.03 bits per heavy atom. The van der Waals surface area contributed by atoms with Gasteiger partial charge >= 0.3 is 0 Å². The Balaban J connectivity index is 1.58. The molecule has 1 amide bonds. The molecule has 3 heterocycles. The summed E-state index contributed by atoms with van der Waals surface area (Å²) in [5.41, 5.74) is 9.28. The number of nitrogens with two attached hydrogens (primary N) is 1. The highest BCUT2D eigenvalue weighted by molar-refractivity contribution is 7.15. The molecule has 1 aliphatic rings. The summed E-state index contributed by atoms with van der Waals surface area (Å²) in [6, 6.07) is 4.33. The van der Waals surface area contributed by atoms with E-state index in [2.05, 4.69) is 10.3 Å². The first-order valence-corrected chi connectivity index (χ1v) is 11.3. The van der Waals surface area contributed by atoms with Crippen molar-refractivity contribution < 1.29 is 19.1 Å². The number of benzene rings is 1. The monoisotopic (exact) mass is 471 g/mol. The number of Topliss-reactive ketones (excluding diaryl/α,β-unsaturated/α-hetero) is 1. The number of fused-ring (bicyclic) bond motifs is 1. The van der Waals surface area contributed by atoms with Gasteiger partial charge in [0.15, 0.2) is 11.4 Å². The van der Waals surface area contributed by atoms with Crippen molar-refractivity contribution in [3.63, 3.8) is 0 Å². The average Bonchev–Trinajstić information content (AvgIpc) is 3.24. The van der Waals surface area contributed by atoms with E-state index >= 15 is 0 Å². The number of aliphatic hydroxyl groups is 1. The minimum atomic E-state index is -1.36. The smallest absolute Gasteiger partial charge is 0.257 e. The van der Waals surface area contributed by atoms with Crippen LogP contribution in [0, 0.1) is 26.6 Å². The molecule has 0 fully saturated rings. The lowest BCUT2D eigenvalue weighted by Crippen LogP contribution is -2.44. The Hall–Kier alpha value is -3.08. The largest absolute Gasteiger partial charge is 0.375 e. The van der Waals surface area contributed by atoms with Crippen LogP contribution in [0.3, 0.4) is 0 Å². The fourth-order valence-electron chi connectivity index (χ4n) is 4.31. The van der Waals surface area contributed by atoms with Gasteiger partial charge in [0.1, 0.15) is 5.82 Å². The molecule has 0 bridgehead atoms. The summed E-state index contributed by atoms with van der Waals surface area (Å²) in [6.45, 7) is 5.91. The van der Waals surface area contributed by atoms with Crippen molar-refractivity contribution in [3.8, 4) is 0 Å². The molecule has 3 aromatic rings. The van der Waals surface area contributed by atoms with Crippen LogP contribution in [0.25, 0.3) is 0 Å².